The van der Waals surface area contributed by atoms with Gasteiger partial charge in [0.15, 0.2) is 0 Å². The third kappa shape index (κ3) is 5.17. The first-order chi connectivity index (χ1) is 10.9. The van der Waals surface area contributed by atoms with Crippen LogP contribution in [0.1, 0.15) is 0 Å². The van der Waals surface area contributed by atoms with Crippen LogP contribution in [0.2, 0.25) is 0 Å². The van der Waals surface area contributed by atoms with Crippen molar-refractivity contribution in [2.75, 3.05) is 0 Å². The third-order valence-corrected chi connectivity index (χ3v) is 5.26. The molecule has 0 amide bonds. The van der Waals surface area contributed by atoms with Gasteiger partial charge in [-0.3, -0.25) is 4.98 Å². The number of rotatable bonds is 3. The van der Waals surface area contributed by atoms with Crippen molar-refractivity contribution in [1.29, 1.82) is 0 Å². The van der Waals surface area contributed by atoms with E-state index in [-0.39, 0.29) is 15.9 Å². The summed E-state index contributed by atoms with van der Waals surface area (Å²) in [6.07, 6.45) is 1.87. The van der Waals surface area contributed by atoms with Crippen molar-refractivity contribution in [3.8, 4) is 0 Å². The average molecular weight is 441 g/mol. The van der Waals surface area contributed by atoms with Gasteiger partial charge >= 0.3 is 35.0 Å². The average Bonchev–Trinajstić information content (AvgIpc) is 2.59. The number of pyridine rings is 1. The zero-order valence-corrected chi connectivity index (χ0v) is 15.5. The van der Waals surface area contributed by atoms with Gasteiger partial charge < -0.3 is 0 Å². The van der Waals surface area contributed by atoms with Crippen LogP contribution in [0, 0.1) is 0 Å². The second-order valence-corrected chi connectivity index (χ2v) is 8.76. The molecule has 0 radical (unpaired) electrons. The predicted octanol–water partition coefficient (Wildman–Crippen LogP) is 4.22. The number of benzene rings is 2. The van der Waals surface area contributed by atoms with E-state index in [1.54, 1.807) is 0 Å². The fraction of sp³-hybridized carbons (Fsp3) is 0. The zero-order valence-electron chi connectivity index (χ0n) is 11.5. The van der Waals surface area contributed by atoms with Crippen LogP contribution < -0.4 is 16.0 Å². The normalized spacial score (nSPS) is 10.1. The zero-order chi connectivity index (χ0) is 15.6. The molecule has 0 saturated heterocycles. The van der Waals surface area contributed by atoms with E-state index in [4.69, 9.17) is 19.1 Å². The van der Waals surface area contributed by atoms with E-state index in [2.05, 4.69) is 77.8 Å². The first-order valence-electron chi connectivity index (χ1n) is 6.50. The van der Waals surface area contributed by atoms with Gasteiger partial charge in [0.1, 0.15) is 0 Å². The molecule has 0 atom stereocenters. The number of hydrogen-bond acceptors (Lipinski definition) is 1. The standard InChI is InChI=1S/C17H14NP.2ClH.Pd/c1-3-9-15(10-4-1)19(16-11-5-2-6-12-16)17-13-7-8-14-18-17;;;/h1-14H;2*1H;/q;;;+2/p-2. The molecule has 3 aromatic rings. The summed E-state index contributed by atoms with van der Waals surface area (Å²) in [5.74, 6) is 0. The van der Waals surface area contributed by atoms with E-state index in [0.29, 0.717) is 0 Å². The molecule has 1 aromatic heterocycles. The molecule has 3 rings (SSSR count). The van der Waals surface area contributed by atoms with E-state index in [1.807, 2.05) is 12.3 Å². The van der Waals surface area contributed by atoms with Gasteiger partial charge in [-0.2, -0.15) is 0 Å². The van der Waals surface area contributed by atoms with Gasteiger partial charge in [-0.05, 0) is 22.7 Å². The van der Waals surface area contributed by atoms with Crippen LogP contribution in [-0.2, 0) is 15.9 Å². The van der Waals surface area contributed by atoms with E-state index in [9.17, 15) is 0 Å². The van der Waals surface area contributed by atoms with Gasteiger partial charge in [-0.1, -0.05) is 66.7 Å². The molecule has 0 unspecified atom stereocenters. The van der Waals surface area contributed by atoms with Crippen molar-refractivity contribution in [2.24, 2.45) is 0 Å². The Hall–Kier alpha value is -0.738. The molecule has 0 aliphatic carbocycles. The quantitative estimate of drug-likeness (QED) is 0.439. The number of hydrogen-bond donors (Lipinski definition) is 0. The summed E-state index contributed by atoms with van der Waals surface area (Å²) < 4.78 is 0. The van der Waals surface area contributed by atoms with Crippen molar-refractivity contribution in [1.82, 2.24) is 4.98 Å². The summed E-state index contributed by atoms with van der Waals surface area (Å²) in [5.41, 5.74) is 1.15. The predicted molar refractivity (Wildman–Crippen MR) is 94.6 cm³/mol. The molecule has 0 fully saturated rings. The first kappa shape index (κ1) is 17.6. The monoisotopic (exact) mass is 439 g/mol. The Morgan fingerprint density at radius 2 is 1.14 bits per heavy atom. The van der Waals surface area contributed by atoms with E-state index in [0.717, 1.165) is 5.44 Å². The summed E-state index contributed by atoms with van der Waals surface area (Å²) in [4.78, 5) is 4.56. The van der Waals surface area contributed by atoms with Gasteiger partial charge in [0.25, 0.3) is 0 Å². The molecule has 1 heterocycles. The summed E-state index contributed by atoms with van der Waals surface area (Å²) in [7, 11) is 9.07. The fourth-order valence-corrected chi connectivity index (χ4v) is 4.24. The number of halogens is 2. The Morgan fingerprint density at radius 1 is 0.682 bits per heavy atom. The third-order valence-electron chi connectivity index (χ3n) is 2.91. The summed E-state index contributed by atoms with van der Waals surface area (Å²) >= 11 is -0.106. The van der Waals surface area contributed by atoms with Crippen molar-refractivity contribution >= 4 is 43.0 Å². The first-order valence-corrected chi connectivity index (χ1v) is 11.8. The van der Waals surface area contributed by atoms with Crippen LogP contribution in [-0.4, -0.2) is 4.98 Å². The fourth-order valence-electron chi connectivity index (χ4n) is 2.05. The Morgan fingerprint density at radius 3 is 1.55 bits per heavy atom. The minimum absolute atomic E-state index is 0.106. The molecule has 0 spiro atoms. The van der Waals surface area contributed by atoms with Gasteiger partial charge in [0.2, 0.25) is 0 Å². The maximum atomic E-state index is 4.81. The van der Waals surface area contributed by atoms with Crippen LogP contribution >= 0.6 is 27.0 Å². The molecule has 0 aliphatic heterocycles. The van der Waals surface area contributed by atoms with Gasteiger partial charge in [-0.25, -0.2) is 0 Å². The minimum Gasteiger partial charge on any atom is -0.256 e. The Balaban J connectivity index is 0.000000545. The SMILES string of the molecule is [Cl][Pd][Cl].c1ccc(P(c2ccccc2)c2ccccn2)cc1. The molecule has 0 N–H and O–H groups in total. The maximum Gasteiger partial charge on any atom is 0.0720 e. The van der Waals surface area contributed by atoms with E-state index >= 15 is 0 Å². The van der Waals surface area contributed by atoms with Crippen LogP contribution in [0.4, 0.5) is 0 Å². The molecule has 1 nitrogen and oxygen atoms in total. The van der Waals surface area contributed by atoms with Crippen molar-refractivity contribution in [3.63, 3.8) is 0 Å². The molecular formula is C17H14Cl2NPPd. The molecule has 22 heavy (non-hydrogen) atoms. The van der Waals surface area contributed by atoms with Crippen LogP contribution in [0.15, 0.2) is 85.1 Å². The second kappa shape index (κ2) is 10.1. The van der Waals surface area contributed by atoms with Crippen molar-refractivity contribution < 1.29 is 15.9 Å². The Labute approximate surface area is 148 Å². The van der Waals surface area contributed by atoms with Crippen molar-refractivity contribution in [2.45, 2.75) is 0 Å². The summed E-state index contributed by atoms with van der Waals surface area (Å²) in [6, 6.07) is 27.4. The maximum absolute atomic E-state index is 4.81. The second-order valence-electron chi connectivity index (χ2n) is 4.24. The van der Waals surface area contributed by atoms with Crippen molar-refractivity contribution in [3.05, 3.63) is 85.1 Å². The van der Waals surface area contributed by atoms with Gasteiger partial charge in [-0.15, -0.1) is 0 Å². The largest absolute Gasteiger partial charge is 0.256 e. The summed E-state index contributed by atoms with van der Waals surface area (Å²) in [5, 5.41) is 2.67. The molecule has 116 valence electrons. The Bertz CT molecular complexity index is 559. The van der Waals surface area contributed by atoms with Crippen LogP contribution in [0.25, 0.3) is 0 Å². The van der Waals surface area contributed by atoms with Crippen LogP contribution in [0.5, 0.6) is 0 Å². The molecule has 2 aromatic carbocycles. The molecule has 0 bridgehead atoms. The minimum atomic E-state index is -0.557. The number of nitrogens with zero attached hydrogens (tertiary/aromatic N) is 1. The topological polar surface area (TPSA) is 12.9 Å². The smallest absolute Gasteiger partial charge is 0.0720 e. The molecular weight excluding hydrogens is 426 g/mol. The molecule has 5 heteroatoms. The number of aromatic nitrogens is 1. The summed E-state index contributed by atoms with van der Waals surface area (Å²) in [6.45, 7) is 0. The molecule has 0 saturated carbocycles. The van der Waals surface area contributed by atoms with Gasteiger partial charge in [0.05, 0.1) is 5.44 Å². The van der Waals surface area contributed by atoms with Gasteiger partial charge in [0, 0.05) is 14.1 Å². The Kier molecular flexibility index (Phi) is 8.10. The van der Waals surface area contributed by atoms with Crippen LogP contribution in [0.3, 0.4) is 0 Å². The van der Waals surface area contributed by atoms with E-state index < -0.39 is 7.92 Å². The van der Waals surface area contributed by atoms with E-state index in [1.165, 1.54) is 10.6 Å². The molecule has 0 aliphatic rings.